The lowest BCUT2D eigenvalue weighted by atomic mass is 10.1. The minimum atomic E-state index is -3.49. The highest BCUT2D eigenvalue weighted by Crippen LogP contribution is 2.32. The van der Waals surface area contributed by atoms with Gasteiger partial charge in [-0.15, -0.1) is 0 Å². The number of aromatic nitrogens is 1. The minimum Gasteiger partial charge on any atom is -0.345 e. The number of thiazole rings is 1. The molecule has 0 radical (unpaired) electrons. The third-order valence-corrected chi connectivity index (χ3v) is 7.82. The molecule has 6 nitrogen and oxygen atoms in total. The molecule has 0 spiro atoms. The number of fused-ring (bicyclic) bond motifs is 1. The molecule has 0 N–H and O–H groups in total. The molecule has 1 aliphatic rings. The summed E-state index contributed by atoms with van der Waals surface area (Å²) in [5.74, 6) is -0.868. The highest BCUT2D eigenvalue weighted by atomic mass is 32.2. The van der Waals surface area contributed by atoms with Crippen LogP contribution in [0.4, 0.5) is 5.13 Å². The average Bonchev–Trinajstić information content (AvgIpc) is 3.12. The molecular formula is C22H25N3O3S2. The van der Waals surface area contributed by atoms with E-state index < -0.39 is 15.6 Å². The van der Waals surface area contributed by atoms with Crippen LogP contribution in [0.3, 0.4) is 0 Å². The fourth-order valence-electron chi connectivity index (χ4n) is 3.80. The molecule has 3 aromatic rings. The van der Waals surface area contributed by atoms with Crippen molar-refractivity contribution < 1.29 is 13.2 Å². The molecule has 8 heteroatoms. The van der Waals surface area contributed by atoms with E-state index in [0.717, 1.165) is 10.6 Å². The fraction of sp³-hybridized carbons (Fsp3) is 0.364. The van der Waals surface area contributed by atoms with Gasteiger partial charge in [0.1, 0.15) is 5.75 Å². The summed E-state index contributed by atoms with van der Waals surface area (Å²) in [5, 5.41) is 0.961. The molecule has 1 aliphatic heterocycles. The van der Waals surface area contributed by atoms with Crippen molar-refractivity contribution in [2.24, 2.45) is 0 Å². The molecule has 4 rings (SSSR count). The normalized spacial score (nSPS) is 15.0. The number of piperazine rings is 1. The number of carbonyl (C=O) groups is 1. The van der Waals surface area contributed by atoms with Crippen molar-refractivity contribution in [2.45, 2.75) is 19.6 Å². The molecule has 30 heavy (non-hydrogen) atoms. The van der Waals surface area contributed by atoms with E-state index in [1.54, 1.807) is 40.5 Å². The van der Waals surface area contributed by atoms with Gasteiger partial charge in [0.15, 0.2) is 15.0 Å². The van der Waals surface area contributed by atoms with Crippen molar-refractivity contribution in [2.75, 3.05) is 36.8 Å². The van der Waals surface area contributed by atoms with Crippen molar-refractivity contribution >= 4 is 42.4 Å². The van der Waals surface area contributed by atoms with Gasteiger partial charge in [-0.2, -0.15) is 0 Å². The molecule has 1 fully saturated rings. The number of anilines is 1. The molecule has 1 amide bonds. The Morgan fingerprint density at radius 2 is 1.77 bits per heavy atom. The van der Waals surface area contributed by atoms with E-state index in [4.69, 9.17) is 4.98 Å². The highest BCUT2D eigenvalue weighted by molar-refractivity contribution is 7.91. The molecule has 0 aliphatic carbocycles. The van der Waals surface area contributed by atoms with Crippen molar-refractivity contribution in [1.29, 1.82) is 0 Å². The Bertz CT molecular complexity index is 1170. The third-order valence-electron chi connectivity index (χ3n) is 5.29. The Balaban J connectivity index is 1.37. The van der Waals surface area contributed by atoms with Crippen LogP contribution in [0.25, 0.3) is 10.2 Å². The Labute approximate surface area is 181 Å². The number of rotatable bonds is 5. The van der Waals surface area contributed by atoms with Crippen LogP contribution < -0.4 is 4.90 Å². The van der Waals surface area contributed by atoms with Gasteiger partial charge in [0, 0.05) is 26.2 Å². The second kappa shape index (κ2) is 8.35. The Kier molecular flexibility index (Phi) is 5.79. The summed E-state index contributed by atoms with van der Waals surface area (Å²) in [6.45, 7) is 6.49. The smallest absolute Gasteiger partial charge is 0.237 e. The van der Waals surface area contributed by atoms with E-state index >= 15 is 0 Å². The number of hydrogen-bond acceptors (Lipinski definition) is 6. The van der Waals surface area contributed by atoms with Crippen LogP contribution in [0, 0.1) is 13.8 Å². The zero-order valence-corrected chi connectivity index (χ0v) is 18.8. The largest absolute Gasteiger partial charge is 0.345 e. The summed E-state index contributed by atoms with van der Waals surface area (Å²) in [7, 11) is -3.49. The molecule has 0 bridgehead atoms. The standard InChI is InChI=1S/C22H25N3O3S2/c1-16-12-17(2)21-19(13-16)29-22(23-21)25-10-8-24(9-11-25)20(26)15-30(27,28)14-18-6-4-3-5-7-18/h3-7,12-13H,8-11,14-15H2,1-2H3. The van der Waals surface area contributed by atoms with Gasteiger partial charge in [-0.25, -0.2) is 13.4 Å². The monoisotopic (exact) mass is 443 g/mol. The van der Waals surface area contributed by atoms with Gasteiger partial charge >= 0.3 is 0 Å². The molecule has 2 heterocycles. The van der Waals surface area contributed by atoms with Crippen LogP contribution in [0.1, 0.15) is 16.7 Å². The first-order valence-corrected chi connectivity index (χ1v) is 12.6. The topological polar surface area (TPSA) is 70.6 Å². The van der Waals surface area contributed by atoms with Crippen LogP contribution in [0.2, 0.25) is 0 Å². The lowest BCUT2D eigenvalue weighted by molar-refractivity contribution is -0.128. The molecule has 0 atom stereocenters. The summed E-state index contributed by atoms with van der Waals surface area (Å²) in [6, 6.07) is 13.3. The summed E-state index contributed by atoms with van der Waals surface area (Å²) < 4.78 is 26.0. The maximum Gasteiger partial charge on any atom is 0.237 e. The van der Waals surface area contributed by atoms with Crippen LogP contribution in [0.15, 0.2) is 42.5 Å². The molecule has 0 unspecified atom stereocenters. The van der Waals surface area contributed by atoms with Gasteiger partial charge in [-0.3, -0.25) is 4.79 Å². The van der Waals surface area contributed by atoms with Gasteiger partial charge in [0.05, 0.1) is 16.0 Å². The second-order valence-corrected chi connectivity index (χ2v) is 10.9. The van der Waals surface area contributed by atoms with Crippen LogP contribution >= 0.6 is 11.3 Å². The maximum atomic E-state index is 12.6. The van der Waals surface area contributed by atoms with E-state index in [0.29, 0.717) is 31.7 Å². The predicted molar refractivity (Wildman–Crippen MR) is 122 cm³/mol. The fourth-order valence-corrected chi connectivity index (χ4v) is 6.35. The van der Waals surface area contributed by atoms with Gasteiger partial charge in [0.2, 0.25) is 5.91 Å². The van der Waals surface area contributed by atoms with Crippen LogP contribution in [0.5, 0.6) is 0 Å². The van der Waals surface area contributed by atoms with E-state index in [9.17, 15) is 13.2 Å². The number of carbonyl (C=O) groups excluding carboxylic acids is 1. The Morgan fingerprint density at radius 3 is 2.47 bits per heavy atom. The predicted octanol–water partition coefficient (Wildman–Crippen LogP) is 3.18. The average molecular weight is 444 g/mol. The Morgan fingerprint density at radius 1 is 1.07 bits per heavy atom. The van der Waals surface area contributed by atoms with E-state index in [1.807, 2.05) is 6.07 Å². The van der Waals surface area contributed by atoms with E-state index in [1.165, 1.54) is 15.8 Å². The lowest BCUT2D eigenvalue weighted by Crippen LogP contribution is -2.50. The number of amides is 1. The lowest BCUT2D eigenvalue weighted by Gasteiger charge is -2.34. The SMILES string of the molecule is Cc1cc(C)c2nc(N3CCN(C(=O)CS(=O)(=O)Cc4ccccc4)CC3)sc2c1. The number of sulfone groups is 1. The first-order chi connectivity index (χ1) is 14.3. The van der Waals surface area contributed by atoms with Gasteiger partial charge in [-0.1, -0.05) is 47.7 Å². The van der Waals surface area contributed by atoms with Crippen molar-refractivity contribution in [1.82, 2.24) is 9.88 Å². The zero-order valence-electron chi connectivity index (χ0n) is 17.2. The molecule has 1 aromatic heterocycles. The molecule has 2 aromatic carbocycles. The van der Waals surface area contributed by atoms with Crippen molar-refractivity contribution in [3.63, 3.8) is 0 Å². The first kappa shape index (κ1) is 20.8. The molecule has 1 saturated heterocycles. The number of nitrogens with zero attached hydrogens (tertiary/aromatic N) is 3. The van der Waals surface area contributed by atoms with Crippen LogP contribution in [-0.4, -0.2) is 56.1 Å². The summed E-state index contributed by atoms with van der Waals surface area (Å²) in [4.78, 5) is 21.2. The molecule has 158 valence electrons. The highest BCUT2D eigenvalue weighted by Gasteiger charge is 2.26. The third kappa shape index (κ3) is 4.65. The Hall–Kier alpha value is -2.45. The second-order valence-electron chi connectivity index (χ2n) is 7.81. The minimum absolute atomic E-state index is 0.107. The number of hydrogen-bond donors (Lipinski definition) is 0. The number of aryl methyl sites for hydroxylation is 2. The van der Waals surface area contributed by atoms with Crippen molar-refractivity contribution in [3.05, 3.63) is 59.2 Å². The quantitative estimate of drug-likeness (QED) is 0.606. The van der Waals surface area contributed by atoms with Gasteiger partial charge in [0.25, 0.3) is 0 Å². The first-order valence-electron chi connectivity index (χ1n) is 9.95. The summed E-state index contributed by atoms with van der Waals surface area (Å²) >= 11 is 1.67. The van der Waals surface area contributed by atoms with Gasteiger partial charge < -0.3 is 9.80 Å². The van der Waals surface area contributed by atoms with E-state index in [2.05, 4.69) is 30.9 Å². The van der Waals surface area contributed by atoms with Crippen molar-refractivity contribution in [3.8, 4) is 0 Å². The van der Waals surface area contributed by atoms with Gasteiger partial charge in [-0.05, 0) is 36.6 Å². The summed E-state index contributed by atoms with van der Waals surface area (Å²) in [5.41, 5.74) is 4.13. The molecular weight excluding hydrogens is 418 g/mol. The maximum absolute atomic E-state index is 12.6. The number of benzene rings is 2. The van der Waals surface area contributed by atoms with E-state index in [-0.39, 0.29) is 11.7 Å². The zero-order chi connectivity index (χ0) is 21.3. The molecule has 0 saturated carbocycles. The summed E-state index contributed by atoms with van der Waals surface area (Å²) in [6.07, 6.45) is 0. The van der Waals surface area contributed by atoms with Crippen LogP contribution in [-0.2, 0) is 20.4 Å².